The second-order valence-corrected chi connectivity index (χ2v) is 8.27. The molecular weight excluding hydrogens is 422 g/mol. The average molecular weight is 451 g/mol. The summed E-state index contributed by atoms with van der Waals surface area (Å²) >= 11 is 3.57. The van der Waals surface area contributed by atoms with Crippen LogP contribution in [0.1, 0.15) is 51.7 Å². The lowest BCUT2D eigenvalue weighted by atomic mass is 10.0. The van der Waals surface area contributed by atoms with E-state index in [1.54, 1.807) is 11.9 Å². The first-order valence-electron chi connectivity index (χ1n) is 9.25. The largest absolute Gasteiger partial charge is 0.329 e. The molecule has 0 aliphatic heterocycles. The zero-order valence-electron chi connectivity index (χ0n) is 17.4. The van der Waals surface area contributed by atoms with E-state index in [1.165, 1.54) is 23.9 Å². The van der Waals surface area contributed by atoms with E-state index in [0.29, 0.717) is 11.8 Å². The van der Waals surface area contributed by atoms with Crippen LogP contribution in [-0.2, 0) is 0 Å². The summed E-state index contributed by atoms with van der Waals surface area (Å²) in [6, 6.07) is 9.35. The molecule has 152 valence electrons. The van der Waals surface area contributed by atoms with Gasteiger partial charge in [0.2, 0.25) is 0 Å². The van der Waals surface area contributed by atoms with E-state index in [0.717, 1.165) is 22.1 Å². The van der Waals surface area contributed by atoms with Crippen molar-refractivity contribution >= 4 is 27.5 Å². The molecule has 0 spiro atoms. The third-order valence-corrected chi connectivity index (χ3v) is 4.38. The van der Waals surface area contributed by atoms with Gasteiger partial charge in [-0.1, -0.05) is 63.2 Å². The smallest absolute Gasteiger partial charge is 0.142 e. The Bertz CT molecular complexity index is 827. The molecule has 0 aliphatic rings. The zero-order chi connectivity index (χ0) is 21.4. The zero-order valence-corrected chi connectivity index (χ0v) is 19.0. The molecule has 0 bridgehead atoms. The maximum atomic E-state index is 14.2. The first-order chi connectivity index (χ1) is 13.1. The van der Waals surface area contributed by atoms with Crippen molar-refractivity contribution in [2.24, 2.45) is 10.9 Å². The third kappa shape index (κ3) is 6.86. The van der Waals surface area contributed by atoms with Crippen molar-refractivity contribution in [1.82, 2.24) is 0 Å². The van der Waals surface area contributed by atoms with Gasteiger partial charge in [-0.15, -0.1) is 0 Å². The normalized spacial score (nSPS) is 11.3. The molecule has 0 aliphatic carbocycles. The Morgan fingerprint density at radius 2 is 1.68 bits per heavy atom. The van der Waals surface area contributed by atoms with Crippen LogP contribution >= 0.6 is 15.9 Å². The van der Waals surface area contributed by atoms with Crippen molar-refractivity contribution < 1.29 is 8.78 Å². The fourth-order valence-corrected chi connectivity index (χ4v) is 3.23. The fraction of sp³-hybridized carbons (Fsp3) is 0.348. The van der Waals surface area contributed by atoms with Crippen LogP contribution in [-0.4, -0.2) is 12.9 Å². The summed E-state index contributed by atoms with van der Waals surface area (Å²) in [4.78, 5) is 5.92. The molecule has 2 aromatic rings. The average Bonchev–Trinajstić information content (AvgIpc) is 2.59. The highest BCUT2D eigenvalue weighted by Crippen LogP contribution is 2.29. The lowest BCUT2D eigenvalue weighted by molar-refractivity contribution is 0.581. The molecule has 0 saturated carbocycles. The first-order valence-corrected chi connectivity index (χ1v) is 10.0. The molecule has 0 atom stereocenters. The maximum absolute atomic E-state index is 14.2. The number of benzene rings is 2. The van der Waals surface area contributed by atoms with Gasteiger partial charge < -0.3 is 4.90 Å². The standard InChI is InChI=1S/C19H19BrF2N2.C4H10/c1-5-23-19(16-8-6-13(21)10-18(16)22)24(4)14-7-9-15(12(2)3)17(20)11-14;1-4(2)3/h5-12H,1H2,2-4H3;4H,1-3H3. The van der Waals surface area contributed by atoms with E-state index in [2.05, 4.69) is 62.1 Å². The number of rotatable bonds is 4. The molecule has 0 amide bonds. The van der Waals surface area contributed by atoms with Gasteiger partial charge in [-0.05, 0) is 41.7 Å². The van der Waals surface area contributed by atoms with Gasteiger partial charge in [-0.2, -0.15) is 0 Å². The summed E-state index contributed by atoms with van der Waals surface area (Å²) in [7, 11) is 1.78. The lowest BCUT2D eigenvalue weighted by Crippen LogP contribution is -2.28. The number of halogens is 3. The monoisotopic (exact) mass is 450 g/mol. The quantitative estimate of drug-likeness (QED) is 0.346. The molecule has 0 radical (unpaired) electrons. The number of hydrogen-bond donors (Lipinski definition) is 0. The van der Waals surface area contributed by atoms with Crippen LogP contribution in [0.4, 0.5) is 14.5 Å². The highest BCUT2D eigenvalue weighted by atomic mass is 79.9. The van der Waals surface area contributed by atoms with E-state index in [1.807, 2.05) is 18.2 Å². The molecule has 0 saturated heterocycles. The highest BCUT2D eigenvalue weighted by molar-refractivity contribution is 9.10. The predicted molar refractivity (Wildman–Crippen MR) is 120 cm³/mol. The van der Waals surface area contributed by atoms with Gasteiger partial charge in [0.05, 0.1) is 5.56 Å². The Labute approximate surface area is 176 Å². The first kappa shape index (κ1) is 24.0. The van der Waals surface area contributed by atoms with Crippen molar-refractivity contribution in [3.63, 3.8) is 0 Å². The number of nitrogens with zero attached hydrogens (tertiary/aromatic N) is 2. The van der Waals surface area contributed by atoms with Crippen LogP contribution in [0.3, 0.4) is 0 Å². The van der Waals surface area contributed by atoms with E-state index in [-0.39, 0.29) is 5.56 Å². The van der Waals surface area contributed by atoms with Gasteiger partial charge in [0.25, 0.3) is 0 Å². The SMILES string of the molecule is C=CN=C(c1ccc(F)cc1F)N(C)c1ccc(C(C)C)c(Br)c1.CC(C)C. The molecular formula is C23H29BrF2N2. The van der Waals surface area contributed by atoms with Crippen LogP contribution in [0.5, 0.6) is 0 Å². The van der Waals surface area contributed by atoms with Crippen LogP contribution < -0.4 is 4.90 Å². The summed E-state index contributed by atoms with van der Waals surface area (Å²) in [5, 5.41) is 0. The predicted octanol–water partition coefficient (Wildman–Crippen LogP) is 7.54. The number of hydrogen-bond acceptors (Lipinski definition) is 1. The number of anilines is 1. The minimum Gasteiger partial charge on any atom is -0.329 e. The number of aliphatic imine (C=N–C) groups is 1. The summed E-state index contributed by atoms with van der Waals surface area (Å²) < 4.78 is 28.3. The van der Waals surface area contributed by atoms with Gasteiger partial charge >= 0.3 is 0 Å². The maximum Gasteiger partial charge on any atom is 0.142 e. The van der Waals surface area contributed by atoms with Crippen molar-refractivity contribution in [2.45, 2.75) is 40.5 Å². The second-order valence-electron chi connectivity index (χ2n) is 7.41. The van der Waals surface area contributed by atoms with Gasteiger partial charge in [0, 0.05) is 29.5 Å². The Morgan fingerprint density at radius 3 is 2.14 bits per heavy atom. The van der Waals surface area contributed by atoms with Gasteiger partial charge in [-0.25, -0.2) is 13.8 Å². The van der Waals surface area contributed by atoms with Crippen LogP contribution in [0, 0.1) is 17.6 Å². The van der Waals surface area contributed by atoms with E-state index in [4.69, 9.17) is 0 Å². The third-order valence-electron chi connectivity index (χ3n) is 3.70. The topological polar surface area (TPSA) is 15.6 Å². The molecule has 0 unspecified atom stereocenters. The summed E-state index contributed by atoms with van der Waals surface area (Å²) in [5.74, 6) is 0.280. The summed E-state index contributed by atoms with van der Waals surface area (Å²) in [6.07, 6.45) is 1.34. The highest BCUT2D eigenvalue weighted by Gasteiger charge is 2.17. The molecule has 0 fully saturated rings. The fourth-order valence-electron chi connectivity index (χ4n) is 2.41. The molecule has 0 N–H and O–H groups in total. The number of amidine groups is 1. The molecule has 5 heteroatoms. The molecule has 2 aromatic carbocycles. The van der Waals surface area contributed by atoms with Gasteiger partial charge in [0.15, 0.2) is 0 Å². The Kier molecular flexibility index (Phi) is 9.53. The van der Waals surface area contributed by atoms with Gasteiger partial charge in [0.1, 0.15) is 17.5 Å². The molecule has 2 rings (SSSR count). The molecule has 28 heavy (non-hydrogen) atoms. The Hall–Kier alpha value is -2.01. The van der Waals surface area contributed by atoms with Crippen LogP contribution in [0.2, 0.25) is 0 Å². The van der Waals surface area contributed by atoms with Gasteiger partial charge in [-0.3, -0.25) is 0 Å². The van der Waals surface area contributed by atoms with Crippen molar-refractivity contribution in [1.29, 1.82) is 0 Å². The second kappa shape index (κ2) is 11.1. The van der Waals surface area contributed by atoms with Crippen molar-refractivity contribution in [3.05, 3.63) is 76.4 Å². The van der Waals surface area contributed by atoms with Crippen molar-refractivity contribution in [3.8, 4) is 0 Å². The van der Waals surface area contributed by atoms with E-state index in [9.17, 15) is 8.78 Å². The Balaban J connectivity index is 0.000000892. The molecule has 0 heterocycles. The van der Waals surface area contributed by atoms with E-state index < -0.39 is 11.6 Å². The Morgan fingerprint density at radius 1 is 1.07 bits per heavy atom. The van der Waals surface area contributed by atoms with Crippen molar-refractivity contribution in [2.75, 3.05) is 11.9 Å². The minimum atomic E-state index is -0.666. The minimum absolute atomic E-state index is 0.211. The molecule has 0 aromatic heterocycles. The van der Waals surface area contributed by atoms with E-state index >= 15 is 0 Å². The summed E-state index contributed by atoms with van der Waals surface area (Å²) in [5.41, 5.74) is 2.22. The molecule has 2 nitrogen and oxygen atoms in total. The van der Waals surface area contributed by atoms with Crippen LogP contribution in [0.25, 0.3) is 0 Å². The summed E-state index contributed by atoms with van der Waals surface area (Å²) in [6.45, 7) is 14.3. The lowest BCUT2D eigenvalue weighted by Gasteiger charge is -2.23. The van der Waals surface area contributed by atoms with Crippen LogP contribution in [0.15, 0.2) is 58.6 Å².